The van der Waals surface area contributed by atoms with Crippen molar-refractivity contribution in [1.82, 2.24) is 0 Å². The topological polar surface area (TPSA) is 30.2 Å². The summed E-state index contributed by atoms with van der Waals surface area (Å²) in [7, 11) is 0. The van der Waals surface area contributed by atoms with Crippen LogP contribution < -0.4 is 5.63 Å². The van der Waals surface area contributed by atoms with Crippen molar-refractivity contribution in [3.63, 3.8) is 0 Å². The van der Waals surface area contributed by atoms with Gasteiger partial charge in [0.1, 0.15) is 5.76 Å². The Bertz CT molecular complexity index is 310. The van der Waals surface area contributed by atoms with Crippen molar-refractivity contribution in [3.05, 3.63) is 40.5 Å². The molecule has 0 aliphatic heterocycles. The molecule has 1 heterocycles. The molecule has 1 aromatic rings. The molecule has 2 heteroatoms. The Balaban J connectivity index is 2.69. The Morgan fingerprint density at radius 2 is 2.33 bits per heavy atom. The van der Waals surface area contributed by atoms with Crippen molar-refractivity contribution in [2.24, 2.45) is 0 Å². The highest BCUT2D eigenvalue weighted by Gasteiger charge is 1.87. The lowest BCUT2D eigenvalue weighted by atomic mass is 10.3. The normalized spacial score (nSPS) is 10.8. The lowest BCUT2D eigenvalue weighted by Crippen LogP contribution is -1.94. The van der Waals surface area contributed by atoms with Crippen LogP contribution in [0.3, 0.4) is 0 Å². The van der Waals surface area contributed by atoms with E-state index in [9.17, 15) is 4.79 Å². The fraction of sp³-hybridized carbons (Fsp3) is 0.300. The van der Waals surface area contributed by atoms with Gasteiger partial charge in [-0.15, -0.1) is 0 Å². The van der Waals surface area contributed by atoms with Crippen LogP contribution in [0.2, 0.25) is 0 Å². The summed E-state index contributed by atoms with van der Waals surface area (Å²) < 4.78 is 4.88. The Morgan fingerprint density at radius 3 is 3.00 bits per heavy atom. The minimum Gasteiger partial charge on any atom is -0.423 e. The summed E-state index contributed by atoms with van der Waals surface area (Å²) in [4.78, 5) is 10.7. The zero-order chi connectivity index (χ0) is 8.81. The van der Waals surface area contributed by atoms with Crippen LogP contribution in [0.5, 0.6) is 0 Å². The van der Waals surface area contributed by atoms with Gasteiger partial charge in [0.25, 0.3) is 0 Å². The minimum absolute atomic E-state index is 0.298. The fourth-order valence-corrected chi connectivity index (χ4v) is 0.861. The first-order valence-electron chi connectivity index (χ1n) is 4.09. The van der Waals surface area contributed by atoms with Crippen molar-refractivity contribution in [1.29, 1.82) is 0 Å². The van der Waals surface area contributed by atoms with Gasteiger partial charge in [0, 0.05) is 6.07 Å². The second-order valence-electron chi connectivity index (χ2n) is 2.54. The summed E-state index contributed by atoms with van der Waals surface area (Å²) in [5, 5.41) is 0. The number of allylic oxidation sites excluding steroid dienone is 1. The van der Waals surface area contributed by atoms with E-state index < -0.39 is 0 Å². The molecule has 64 valence electrons. The van der Waals surface area contributed by atoms with Crippen LogP contribution in [-0.2, 0) is 0 Å². The smallest absolute Gasteiger partial charge is 0.336 e. The highest BCUT2D eigenvalue weighted by molar-refractivity contribution is 5.41. The molecule has 0 radical (unpaired) electrons. The van der Waals surface area contributed by atoms with Gasteiger partial charge < -0.3 is 4.42 Å². The Kier molecular flexibility index (Phi) is 3.33. The Hall–Kier alpha value is -1.31. The molecule has 0 aliphatic rings. The summed E-state index contributed by atoms with van der Waals surface area (Å²) >= 11 is 0. The molecule has 0 atom stereocenters. The van der Waals surface area contributed by atoms with Crippen LogP contribution in [0.15, 0.2) is 33.5 Å². The first kappa shape index (κ1) is 8.78. The Labute approximate surface area is 71.5 Å². The van der Waals surface area contributed by atoms with Crippen LogP contribution in [0.25, 0.3) is 6.08 Å². The minimum atomic E-state index is -0.298. The maximum absolute atomic E-state index is 10.7. The van der Waals surface area contributed by atoms with Crippen molar-refractivity contribution in [2.75, 3.05) is 0 Å². The third kappa shape index (κ3) is 2.74. The van der Waals surface area contributed by atoms with E-state index in [0.717, 1.165) is 12.8 Å². The molecular formula is C10H12O2. The maximum Gasteiger partial charge on any atom is 0.336 e. The van der Waals surface area contributed by atoms with Gasteiger partial charge in [-0.25, -0.2) is 4.79 Å². The molecule has 0 saturated heterocycles. The maximum atomic E-state index is 10.7. The quantitative estimate of drug-likeness (QED) is 0.686. The van der Waals surface area contributed by atoms with E-state index in [4.69, 9.17) is 4.42 Å². The van der Waals surface area contributed by atoms with Crippen molar-refractivity contribution in [2.45, 2.75) is 19.8 Å². The van der Waals surface area contributed by atoms with E-state index in [2.05, 4.69) is 6.92 Å². The molecule has 2 nitrogen and oxygen atoms in total. The van der Waals surface area contributed by atoms with Crippen LogP contribution >= 0.6 is 0 Å². The third-order valence-electron chi connectivity index (χ3n) is 1.45. The standard InChI is InChI=1S/C10H12O2/c1-2-3-4-6-9-7-5-8-10(11)12-9/h4-8H,2-3H2,1H3. The molecule has 0 unspecified atom stereocenters. The molecule has 0 N–H and O–H groups in total. The van der Waals surface area contributed by atoms with Gasteiger partial charge in [-0.2, -0.15) is 0 Å². The second-order valence-corrected chi connectivity index (χ2v) is 2.54. The molecule has 0 aliphatic carbocycles. The van der Waals surface area contributed by atoms with Gasteiger partial charge in [-0.05, 0) is 18.6 Å². The van der Waals surface area contributed by atoms with Crippen LogP contribution in [0.1, 0.15) is 25.5 Å². The van der Waals surface area contributed by atoms with Crippen LogP contribution in [-0.4, -0.2) is 0 Å². The molecule has 1 rings (SSSR count). The number of hydrogen-bond donors (Lipinski definition) is 0. The van der Waals surface area contributed by atoms with Crippen LogP contribution in [0, 0.1) is 0 Å². The van der Waals surface area contributed by atoms with Gasteiger partial charge in [-0.1, -0.05) is 25.5 Å². The summed E-state index contributed by atoms with van der Waals surface area (Å²) in [5.74, 6) is 0.621. The Morgan fingerprint density at radius 1 is 1.50 bits per heavy atom. The van der Waals surface area contributed by atoms with Crippen molar-refractivity contribution >= 4 is 6.08 Å². The summed E-state index contributed by atoms with van der Waals surface area (Å²) in [6.45, 7) is 2.10. The predicted molar refractivity (Wildman–Crippen MR) is 48.9 cm³/mol. The lowest BCUT2D eigenvalue weighted by molar-refractivity contribution is 0.501. The van der Waals surface area contributed by atoms with E-state index in [1.165, 1.54) is 6.07 Å². The molecule has 12 heavy (non-hydrogen) atoms. The fourth-order valence-electron chi connectivity index (χ4n) is 0.861. The first-order valence-corrected chi connectivity index (χ1v) is 4.09. The molecule has 0 saturated carbocycles. The lowest BCUT2D eigenvalue weighted by Gasteiger charge is -1.89. The molecule has 0 fully saturated rings. The van der Waals surface area contributed by atoms with Gasteiger partial charge in [0.15, 0.2) is 0 Å². The van der Waals surface area contributed by atoms with Gasteiger partial charge in [-0.3, -0.25) is 0 Å². The largest absolute Gasteiger partial charge is 0.423 e. The van der Waals surface area contributed by atoms with E-state index in [0.29, 0.717) is 5.76 Å². The van der Waals surface area contributed by atoms with Crippen molar-refractivity contribution in [3.8, 4) is 0 Å². The highest BCUT2D eigenvalue weighted by atomic mass is 16.4. The van der Waals surface area contributed by atoms with E-state index >= 15 is 0 Å². The highest BCUT2D eigenvalue weighted by Crippen LogP contribution is 1.99. The number of hydrogen-bond acceptors (Lipinski definition) is 2. The summed E-state index contributed by atoms with van der Waals surface area (Å²) in [6, 6.07) is 4.86. The molecule has 0 aromatic carbocycles. The predicted octanol–water partition coefficient (Wildman–Crippen LogP) is 2.45. The van der Waals surface area contributed by atoms with E-state index in [-0.39, 0.29) is 5.63 Å². The SMILES string of the molecule is CCCC=Cc1cccc(=O)o1. The molecular weight excluding hydrogens is 152 g/mol. The van der Waals surface area contributed by atoms with Gasteiger partial charge >= 0.3 is 5.63 Å². The number of rotatable bonds is 3. The summed E-state index contributed by atoms with van der Waals surface area (Å²) in [6.07, 6.45) is 5.94. The average Bonchev–Trinajstić information content (AvgIpc) is 2.05. The number of unbranched alkanes of at least 4 members (excludes halogenated alkanes) is 1. The molecule has 0 amide bonds. The third-order valence-corrected chi connectivity index (χ3v) is 1.45. The van der Waals surface area contributed by atoms with Gasteiger partial charge in [0.05, 0.1) is 0 Å². The van der Waals surface area contributed by atoms with Crippen molar-refractivity contribution < 1.29 is 4.42 Å². The molecule has 0 spiro atoms. The first-order chi connectivity index (χ1) is 5.83. The van der Waals surface area contributed by atoms with E-state index in [1.54, 1.807) is 12.1 Å². The average molecular weight is 164 g/mol. The monoisotopic (exact) mass is 164 g/mol. The van der Waals surface area contributed by atoms with Crippen LogP contribution in [0.4, 0.5) is 0 Å². The molecule has 1 aromatic heterocycles. The second kappa shape index (κ2) is 4.54. The molecule has 0 bridgehead atoms. The van der Waals surface area contributed by atoms with Gasteiger partial charge in [0.2, 0.25) is 0 Å². The zero-order valence-corrected chi connectivity index (χ0v) is 7.12. The summed E-state index contributed by atoms with van der Waals surface area (Å²) in [5.41, 5.74) is -0.298. The zero-order valence-electron chi connectivity index (χ0n) is 7.12. The van der Waals surface area contributed by atoms with E-state index in [1.807, 2.05) is 12.2 Å².